The molecule has 0 spiro atoms. The van der Waals surface area contributed by atoms with Gasteiger partial charge in [-0.3, -0.25) is 0 Å². The normalized spacial score (nSPS) is 14.5. The molecule has 0 heterocycles. The minimum absolute atomic E-state index is 0.521. The number of hydrogen-bond acceptors (Lipinski definition) is 0. The van der Waals surface area contributed by atoms with Crippen LogP contribution >= 0.6 is 0 Å². The van der Waals surface area contributed by atoms with Crippen molar-refractivity contribution in [2.24, 2.45) is 0 Å². The molecule has 0 unspecified atom stereocenters. The van der Waals surface area contributed by atoms with E-state index in [1.165, 1.54) is 43.8 Å². The van der Waals surface area contributed by atoms with Crippen LogP contribution in [0.25, 0.3) is 35.4 Å². The van der Waals surface area contributed by atoms with Crippen LogP contribution in [-0.4, -0.2) is 0 Å². The van der Waals surface area contributed by atoms with Gasteiger partial charge in [0.1, 0.15) is 0 Å². The number of hydrogen-bond donors (Lipinski definition) is 0. The molecule has 0 bridgehead atoms. The van der Waals surface area contributed by atoms with Crippen LogP contribution in [0.5, 0.6) is 0 Å². The molecule has 0 nitrogen and oxygen atoms in total. The van der Waals surface area contributed by atoms with E-state index in [0.717, 1.165) is 0 Å². The van der Waals surface area contributed by atoms with E-state index in [-0.39, 0.29) is 0 Å². The lowest BCUT2D eigenvalue weighted by atomic mass is 9.88. The molecular formula is C22H20. The van der Waals surface area contributed by atoms with E-state index in [9.17, 15) is 0 Å². The molecular weight excluding hydrogens is 264 g/mol. The number of benzene rings is 2. The third-order valence-electron chi connectivity index (χ3n) is 4.62. The van der Waals surface area contributed by atoms with Crippen molar-refractivity contribution in [1.29, 1.82) is 0 Å². The molecule has 0 saturated carbocycles. The third-order valence-corrected chi connectivity index (χ3v) is 4.62. The molecule has 4 rings (SSSR count). The quantitative estimate of drug-likeness (QED) is 0.762. The second-order valence-corrected chi connectivity index (χ2v) is 6.56. The maximum Gasteiger partial charge on any atom is -0.00238 e. The van der Waals surface area contributed by atoms with Crippen molar-refractivity contribution in [3.63, 3.8) is 0 Å². The first-order chi connectivity index (χ1) is 10.6. The van der Waals surface area contributed by atoms with Crippen LogP contribution in [-0.2, 0) is 0 Å². The van der Waals surface area contributed by atoms with Gasteiger partial charge in [0.05, 0.1) is 0 Å². The van der Waals surface area contributed by atoms with Crippen molar-refractivity contribution >= 4 is 24.3 Å². The Hall–Kier alpha value is -2.34. The fraction of sp³-hybridized carbons (Fsp3) is 0.182. The number of fused-ring (bicyclic) bond motifs is 2. The van der Waals surface area contributed by atoms with Crippen LogP contribution in [0.3, 0.4) is 0 Å². The molecule has 0 heteroatoms. The Bertz CT molecular complexity index is 950. The monoisotopic (exact) mass is 284 g/mol. The van der Waals surface area contributed by atoms with Crippen molar-refractivity contribution in [2.75, 3.05) is 0 Å². The maximum absolute atomic E-state index is 2.33. The molecule has 2 aliphatic rings. The van der Waals surface area contributed by atoms with Gasteiger partial charge in [-0.25, -0.2) is 0 Å². The largest absolute Gasteiger partial charge is 0.0619 e. The first-order valence-corrected chi connectivity index (χ1v) is 8.00. The highest BCUT2D eigenvalue weighted by Gasteiger charge is 2.17. The summed E-state index contributed by atoms with van der Waals surface area (Å²) in [5.41, 5.74) is 8.26. The standard InChI is InChI=1S/C22H20/c1-14(2)18-8-4-5-9-20(18)22-19-10-6-7-16(19)13-17-11-15(3)12-21(17)22/h4-14H,1-3H3. The summed E-state index contributed by atoms with van der Waals surface area (Å²) in [7, 11) is 0. The van der Waals surface area contributed by atoms with Gasteiger partial charge in [-0.15, -0.1) is 0 Å². The van der Waals surface area contributed by atoms with Crippen LogP contribution in [0.1, 0.15) is 43.4 Å². The van der Waals surface area contributed by atoms with Gasteiger partial charge >= 0.3 is 0 Å². The minimum Gasteiger partial charge on any atom is -0.0619 e. The van der Waals surface area contributed by atoms with E-state index < -0.39 is 0 Å². The Morgan fingerprint density at radius 2 is 1.82 bits per heavy atom. The second kappa shape index (κ2) is 4.84. The Morgan fingerprint density at radius 3 is 2.64 bits per heavy atom. The Labute approximate surface area is 131 Å². The van der Waals surface area contributed by atoms with Gasteiger partial charge in [0.25, 0.3) is 0 Å². The number of rotatable bonds is 2. The molecule has 0 aromatic heterocycles. The highest BCUT2D eigenvalue weighted by Crippen LogP contribution is 2.31. The summed E-state index contributed by atoms with van der Waals surface area (Å²) in [6.45, 7) is 6.73. The first-order valence-electron chi connectivity index (χ1n) is 8.00. The van der Waals surface area contributed by atoms with Crippen LogP contribution in [0, 0.1) is 0 Å². The van der Waals surface area contributed by atoms with Gasteiger partial charge in [0.15, 0.2) is 0 Å². The summed E-state index contributed by atoms with van der Waals surface area (Å²) in [6, 6.07) is 11.2. The molecule has 0 saturated heterocycles. The van der Waals surface area contributed by atoms with Gasteiger partial charge in [-0.05, 0) is 62.7 Å². The zero-order chi connectivity index (χ0) is 15.3. The smallest absolute Gasteiger partial charge is 0.00238 e. The van der Waals surface area contributed by atoms with Gasteiger partial charge in [-0.1, -0.05) is 68.5 Å². The van der Waals surface area contributed by atoms with E-state index in [2.05, 4.69) is 81.5 Å². The zero-order valence-corrected chi connectivity index (χ0v) is 13.4. The third kappa shape index (κ3) is 1.91. The average molecular weight is 284 g/mol. The summed E-state index contributed by atoms with van der Waals surface area (Å²) >= 11 is 0. The van der Waals surface area contributed by atoms with E-state index >= 15 is 0 Å². The van der Waals surface area contributed by atoms with Crippen LogP contribution < -0.4 is 10.4 Å². The zero-order valence-electron chi connectivity index (χ0n) is 13.4. The van der Waals surface area contributed by atoms with E-state index in [0.29, 0.717) is 5.92 Å². The maximum atomic E-state index is 2.33. The van der Waals surface area contributed by atoms with Gasteiger partial charge < -0.3 is 0 Å². The molecule has 22 heavy (non-hydrogen) atoms. The summed E-state index contributed by atoms with van der Waals surface area (Å²) in [6.07, 6.45) is 11.3. The topological polar surface area (TPSA) is 0 Å². The summed E-state index contributed by atoms with van der Waals surface area (Å²) in [5.74, 6) is 0.521. The molecule has 2 aliphatic carbocycles. The van der Waals surface area contributed by atoms with Crippen LogP contribution in [0.15, 0.2) is 42.0 Å². The van der Waals surface area contributed by atoms with Gasteiger partial charge in [-0.2, -0.15) is 0 Å². The van der Waals surface area contributed by atoms with Crippen LogP contribution in [0.4, 0.5) is 0 Å². The lowest BCUT2D eigenvalue weighted by Crippen LogP contribution is -2.18. The predicted octanol–water partition coefficient (Wildman–Crippen LogP) is 4.48. The molecule has 108 valence electrons. The summed E-state index contributed by atoms with van der Waals surface area (Å²) < 4.78 is 0. The van der Waals surface area contributed by atoms with Crippen molar-refractivity contribution in [2.45, 2.75) is 26.7 Å². The van der Waals surface area contributed by atoms with Gasteiger partial charge in [0.2, 0.25) is 0 Å². The summed E-state index contributed by atoms with van der Waals surface area (Å²) in [5, 5.41) is 2.72. The predicted molar refractivity (Wildman–Crippen MR) is 96.8 cm³/mol. The average Bonchev–Trinajstić information content (AvgIpc) is 3.09. The van der Waals surface area contributed by atoms with Crippen molar-refractivity contribution in [1.82, 2.24) is 0 Å². The first kappa shape index (κ1) is 13.3. The molecule has 0 radical (unpaired) electrons. The molecule has 0 amide bonds. The van der Waals surface area contributed by atoms with Crippen molar-refractivity contribution < 1.29 is 0 Å². The molecule has 2 aromatic carbocycles. The van der Waals surface area contributed by atoms with Gasteiger partial charge in [0, 0.05) is 0 Å². The van der Waals surface area contributed by atoms with Crippen molar-refractivity contribution in [3.05, 3.63) is 69.1 Å². The van der Waals surface area contributed by atoms with E-state index in [4.69, 9.17) is 0 Å². The Balaban J connectivity index is 2.13. The minimum atomic E-state index is 0.521. The highest BCUT2D eigenvalue weighted by atomic mass is 14.2. The molecule has 0 N–H and O–H groups in total. The highest BCUT2D eigenvalue weighted by molar-refractivity contribution is 5.88. The molecule has 0 fully saturated rings. The summed E-state index contributed by atoms with van der Waals surface area (Å²) in [4.78, 5) is 0. The molecule has 0 aliphatic heterocycles. The van der Waals surface area contributed by atoms with E-state index in [1.807, 2.05) is 0 Å². The molecule has 0 atom stereocenters. The van der Waals surface area contributed by atoms with Crippen LogP contribution in [0.2, 0.25) is 0 Å². The molecule has 2 aromatic rings. The van der Waals surface area contributed by atoms with E-state index in [1.54, 1.807) is 0 Å². The SMILES string of the molecule is CC1=Cc2c(-c3ccccc3C(C)C)c3c(cc2=C1)C=CC=3. The Kier molecular flexibility index (Phi) is 2.94. The fourth-order valence-electron chi connectivity index (χ4n) is 3.63. The second-order valence-electron chi connectivity index (χ2n) is 6.56. The lowest BCUT2D eigenvalue weighted by molar-refractivity contribution is 0.869. The fourth-order valence-corrected chi connectivity index (χ4v) is 3.63. The van der Waals surface area contributed by atoms with Crippen molar-refractivity contribution in [3.8, 4) is 11.1 Å². The lowest BCUT2D eigenvalue weighted by Gasteiger charge is -2.16. The Morgan fingerprint density at radius 1 is 1.00 bits per heavy atom. The number of allylic oxidation sites excluding steroid dienone is 2.